The third kappa shape index (κ3) is 5.37. The lowest BCUT2D eigenvalue weighted by Gasteiger charge is -2.13. The Bertz CT molecular complexity index is 943. The minimum absolute atomic E-state index is 0.414. The summed E-state index contributed by atoms with van der Waals surface area (Å²) in [7, 11) is 1.64. The minimum Gasteiger partial charge on any atom is -0.497 e. The second-order valence-corrected chi connectivity index (χ2v) is 6.59. The molecule has 0 fully saturated rings. The summed E-state index contributed by atoms with van der Waals surface area (Å²) in [5, 5.41) is 6.56. The van der Waals surface area contributed by atoms with Gasteiger partial charge in [-0.2, -0.15) is 5.10 Å². The lowest BCUT2D eigenvalue weighted by Crippen LogP contribution is -2.01. The minimum atomic E-state index is 0.414. The van der Waals surface area contributed by atoms with Gasteiger partial charge in [-0.3, -0.25) is 5.43 Å². The van der Waals surface area contributed by atoms with Gasteiger partial charge in [0, 0.05) is 5.38 Å². The molecule has 146 valence electrons. The van der Waals surface area contributed by atoms with Crippen LogP contribution in [-0.4, -0.2) is 24.9 Å². The molecule has 3 aromatic rings. The highest BCUT2D eigenvalue weighted by Crippen LogP contribution is 2.29. The van der Waals surface area contributed by atoms with E-state index in [0.717, 1.165) is 16.9 Å². The van der Waals surface area contributed by atoms with Gasteiger partial charge in [-0.05, 0) is 48.4 Å². The van der Waals surface area contributed by atoms with Crippen molar-refractivity contribution in [3.8, 4) is 17.2 Å². The highest BCUT2D eigenvalue weighted by molar-refractivity contribution is 7.14. The van der Waals surface area contributed by atoms with Gasteiger partial charge in [0.25, 0.3) is 0 Å². The Labute approximate surface area is 167 Å². The normalized spacial score (nSPS) is 10.8. The van der Waals surface area contributed by atoms with Crippen LogP contribution >= 0.6 is 11.3 Å². The van der Waals surface area contributed by atoms with Gasteiger partial charge < -0.3 is 19.9 Å². The number of methoxy groups -OCH3 is 1. The van der Waals surface area contributed by atoms with Crippen LogP contribution in [0.5, 0.6) is 17.2 Å². The van der Waals surface area contributed by atoms with Crippen molar-refractivity contribution in [1.29, 1.82) is 0 Å². The van der Waals surface area contributed by atoms with Gasteiger partial charge in [-0.1, -0.05) is 12.1 Å². The highest BCUT2D eigenvalue weighted by Gasteiger charge is 2.07. The van der Waals surface area contributed by atoms with Gasteiger partial charge in [-0.15, -0.1) is 11.3 Å². The molecule has 3 N–H and O–H groups in total. The number of hydrogen-bond donors (Lipinski definition) is 2. The van der Waals surface area contributed by atoms with Crippen molar-refractivity contribution in [2.24, 2.45) is 5.10 Å². The predicted octanol–water partition coefficient (Wildman–Crippen LogP) is 4.16. The molecule has 0 aliphatic carbocycles. The molecule has 0 unspecified atom stereocenters. The monoisotopic (exact) mass is 398 g/mol. The van der Waals surface area contributed by atoms with Crippen molar-refractivity contribution in [3.63, 3.8) is 0 Å². The first-order valence-electron chi connectivity index (χ1n) is 8.70. The molecule has 0 spiro atoms. The van der Waals surface area contributed by atoms with Gasteiger partial charge in [0.15, 0.2) is 11.5 Å². The molecule has 8 heteroatoms. The van der Waals surface area contributed by atoms with E-state index < -0.39 is 0 Å². The van der Waals surface area contributed by atoms with E-state index in [4.69, 9.17) is 19.9 Å². The molecular weight excluding hydrogens is 376 g/mol. The summed E-state index contributed by atoms with van der Waals surface area (Å²) in [6.45, 7) is 2.88. The molecule has 7 nitrogen and oxygen atoms in total. The maximum absolute atomic E-state index is 5.94. The van der Waals surface area contributed by atoms with E-state index in [-0.39, 0.29) is 0 Å². The number of nitrogens with two attached hydrogens (primary N) is 1. The first-order valence-corrected chi connectivity index (χ1v) is 9.58. The van der Waals surface area contributed by atoms with Gasteiger partial charge in [-0.25, -0.2) is 4.98 Å². The summed E-state index contributed by atoms with van der Waals surface area (Å²) in [5.41, 5.74) is 10.3. The van der Waals surface area contributed by atoms with Crippen LogP contribution in [0, 0.1) is 0 Å². The molecule has 3 rings (SSSR count). The summed E-state index contributed by atoms with van der Waals surface area (Å²) in [6.07, 6.45) is 1.69. The highest BCUT2D eigenvalue weighted by atomic mass is 32.1. The van der Waals surface area contributed by atoms with E-state index in [2.05, 4.69) is 15.5 Å². The summed E-state index contributed by atoms with van der Waals surface area (Å²) in [6, 6.07) is 13.4. The SMILES string of the molecule is CCOc1cc(C=NNc2nc(N)cs2)ccc1OCc1cccc(OC)c1. The van der Waals surface area contributed by atoms with E-state index in [9.17, 15) is 0 Å². The van der Waals surface area contributed by atoms with Crippen molar-refractivity contribution in [1.82, 2.24) is 4.98 Å². The number of rotatable bonds is 9. The molecule has 0 aliphatic heterocycles. The van der Waals surface area contributed by atoms with Crippen LogP contribution in [0.3, 0.4) is 0 Å². The number of hydrazone groups is 1. The molecule has 1 aromatic heterocycles. The van der Waals surface area contributed by atoms with Crippen LogP contribution < -0.4 is 25.4 Å². The molecule has 0 saturated heterocycles. The van der Waals surface area contributed by atoms with E-state index in [1.165, 1.54) is 11.3 Å². The summed E-state index contributed by atoms with van der Waals surface area (Å²) in [5.74, 6) is 2.60. The molecule has 2 aromatic carbocycles. The number of ether oxygens (including phenoxy) is 3. The largest absolute Gasteiger partial charge is 0.497 e. The van der Waals surface area contributed by atoms with Gasteiger partial charge in [0.05, 0.1) is 19.9 Å². The molecule has 0 amide bonds. The molecule has 0 aliphatic rings. The lowest BCUT2D eigenvalue weighted by molar-refractivity contribution is 0.269. The fourth-order valence-corrected chi connectivity index (χ4v) is 2.96. The summed E-state index contributed by atoms with van der Waals surface area (Å²) < 4.78 is 16.9. The third-order valence-corrected chi connectivity index (χ3v) is 4.46. The van der Waals surface area contributed by atoms with Crippen LogP contribution in [0.15, 0.2) is 52.9 Å². The standard InChI is InChI=1S/C20H22N4O3S/c1-3-26-18-10-14(11-22-24-20-23-19(21)13-28-20)7-8-17(18)27-12-15-5-4-6-16(9-15)25-2/h4-11,13H,3,12,21H2,1-2H3,(H,23,24). The van der Waals surface area contributed by atoms with Crippen molar-refractivity contribution in [3.05, 3.63) is 59.0 Å². The molecule has 0 saturated carbocycles. The van der Waals surface area contributed by atoms with Crippen LogP contribution in [0.1, 0.15) is 18.1 Å². The van der Waals surface area contributed by atoms with Crippen LogP contribution in [-0.2, 0) is 6.61 Å². The Kier molecular flexibility index (Phi) is 6.69. The number of anilines is 2. The number of hydrogen-bond acceptors (Lipinski definition) is 8. The fraction of sp³-hybridized carbons (Fsp3) is 0.200. The number of aromatic nitrogens is 1. The quantitative estimate of drug-likeness (QED) is 0.415. The topological polar surface area (TPSA) is 91.0 Å². The Balaban J connectivity index is 1.67. The number of nitrogens with zero attached hydrogens (tertiary/aromatic N) is 2. The zero-order valence-corrected chi connectivity index (χ0v) is 16.5. The van der Waals surface area contributed by atoms with Crippen molar-refractivity contribution in [2.75, 3.05) is 24.9 Å². The maximum Gasteiger partial charge on any atom is 0.205 e. The van der Waals surface area contributed by atoms with Crippen LogP contribution in [0.2, 0.25) is 0 Å². The molecular formula is C20H22N4O3S. The second-order valence-electron chi connectivity index (χ2n) is 5.73. The van der Waals surface area contributed by atoms with E-state index in [1.807, 2.05) is 49.4 Å². The zero-order chi connectivity index (χ0) is 19.8. The Morgan fingerprint density at radius 2 is 2.07 bits per heavy atom. The average Bonchev–Trinajstić information content (AvgIpc) is 3.13. The number of benzene rings is 2. The zero-order valence-electron chi connectivity index (χ0n) is 15.7. The van der Waals surface area contributed by atoms with Gasteiger partial charge in [0.1, 0.15) is 18.2 Å². The fourth-order valence-electron chi connectivity index (χ4n) is 2.42. The summed E-state index contributed by atoms with van der Waals surface area (Å²) >= 11 is 1.39. The smallest absolute Gasteiger partial charge is 0.205 e. The van der Waals surface area contributed by atoms with Crippen molar-refractivity contribution < 1.29 is 14.2 Å². The number of thiazole rings is 1. The molecule has 0 radical (unpaired) electrons. The average molecular weight is 398 g/mol. The van der Waals surface area contributed by atoms with Crippen molar-refractivity contribution >= 4 is 28.5 Å². The first-order chi connectivity index (χ1) is 13.7. The van der Waals surface area contributed by atoms with Gasteiger partial charge in [0.2, 0.25) is 5.13 Å². The third-order valence-electron chi connectivity index (χ3n) is 3.69. The van der Waals surface area contributed by atoms with Crippen molar-refractivity contribution in [2.45, 2.75) is 13.5 Å². The van der Waals surface area contributed by atoms with E-state index >= 15 is 0 Å². The van der Waals surface area contributed by atoms with Gasteiger partial charge >= 0.3 is 0 Å². The molecule has 1 heterocycles. The molecule has 28 heavy (non-hydrogen) atoms. The van der Waals surface area contributed by atoms with E-state index in [1.54, 1.807) is 18.7 Å². The lowest BCUT2D eigenvalue weighted by atomic mass is 10.2. The Morgan fingerprint density at radius 3 is 2.82 bits per heavy atom. The number of nitrogens with one attached hydrogen (secondary N) is 1. The maximum atomic E-state index is 5.94. The number of nitrogen functional groups attached to an aromatic ring is 1. The first kappa shape index (κ1) is 19.5. The molecule has 0 atom stereocenters. The van der Waals surface area contributed by atoms with Crippen LogP contribution in [0.25, 0.3) is 0 Å². The van der Waals surface area contributed by atoms with Crippen LogP contribution in [0.4, 0.5) is 10.9 Å². The Hall–Kier alpha value is -3.26. The Morgan fingerprint density at radius 1 is 1.18 bits per heavy atom. The van der Waals surface area contributed by atoms with E-state index in [0.29, 0.717) is 35.7 Å². The summed E-state index contributed by atoms with van der Waals surface area (Å²) in [4.78, 5) is 4.09. The second kappa shape index (κ2) is 9.61. The molecule has 0 bridgehead atoms. The predicted molar refractivity (Wildman–Crippen MR) is 113 cm³/mol.